The molecule has 0 saturated carbocycles. The van der Waals surface area contributed by atoms with Crippen LogP contribution in [-0.2, 0) is 4.79 Å². The first-order valence-electron chi connectivity index (χ1n) is 7.56. The Balaban J connectivity index is 1.61. The second-order valence-electron chi connectivity index (χ2n) is 5.88. The zero-order valence-corrected chi connectivity index (χ0v) is 12.3. The average molecular weight is 287 g/mol. The molecule has 0 radical (unpaired) electrons. The Morgan fingerprint density at radius 2 is 1.86 bits per heavy atom. The fourth-order valence-electron chi connectivity index (χ4n) is 2.96. The number of aryl methyl sites for hydroxylation is 1. The van der Waals surface area contributed by atoms with Crippen LogP contribution in [0.25, 0.3) is 0 Å². The first-order valence-corrected chi connectivity index (χ1v) is 7.56. The summed E-state index contributed by atoms with van der Waals surface area (Å²) in [6.07, 6.45) is 2.53. The summed E-state index contributed by atoms with van der Waals surface area (Å²) in [7, 11) is 0. The van der Waals surface area contributed by atoms with Crippen LogP contribution < -0.4 is 10.2 Å². The lowest BCUT2D eigenvalue weighted by atomic mass is 10.2. The topological polar surface area (TPSA) is 52.7 Å². The lowest BCUT2D eigenvalue weighted by molar-refractivity contribution is -0.117. The summed E-state index contributed by atoms with van der Waals surface area (Å²) in [6, 6.07) is 7.79. The molecule has 0 spiro atoms. The quantitative estimate of drug-likeness (QED) is 0.903. The highest BCUT2D eigenvalue weighted by Crippen LogP contribution is 2.22. The maximum atomic E-state index is 12.1. The van der Waals surface area contributed by atoms with Gasteiger partial charge in [-0.15, -0.1) is 0 Å². The SMILES string of the molecule is Cc1ccc(N2C[C@@H](NC(=O)N3CCCC3)CC2=O)cc1. The van der Waals surface area contributed by atoms with Crippen molar-refractivity contribution in [2.45, 2.75) is 32.2 Å². The van der Waals surface area contributed by atoms with Gasteiger partial charge in [0.2, 0.25) is 5.91 Å². The van der Waals surface area contributed by atoms with Crippen molar-refractivity contribution in [3.8, 4) is 0 Å². The number of hydrogen-bond acceptors (Lipinski definition) is 2. The molecule has 0 aliphatic carbocycles. The molecule has 5 nitrogen and oxygen atoms in total. The van der Waals surface area contributed by atoms with Gasteiger partial charge in [0.1, 0.15) is 0 Å². The highest BCUT2D eigenvalue weighted by molar-refractivity contribution is 5.96. The molecule has 0 bridgehead atoms. The van der Waals surface area contributed by atoms with E-state index in [4.69, 9.17) is 0 Å². The van der Waals surface area contributed by atoms with Crippen molar-refractivity contribution in [2.75, 3.05) is 24.5 Å². The predicted molar refractivity (Wildman–Crippen MR) is 81.3 cm³/mol. The molecule has 3 rings (SSSR count). The number of benzene rings is 1. The van der Waals surface area contributed by atoms with E-state index in [0.29, 0.717) is 13.0 Å². The number of nitrogens with zero attached hydrogens (tertiary/aromatic N) is 2. The molecule has 1 aromatic carbocycles. The Labute approximate surface area is 124 Å². The van der Waals surface area contributed by atoms with Crippen molar-refractivity contribution in [3.63, 3.8) is 0 Å². The third kappa shape index (κ3) is 3.01. The van der Waals surface area contributed by atoms with Crippen LogP contribution in [0.2, 0.25) is 0 Å². The van der Waals surface area contributed by atoms with Crippen molar-refractivity contribution >= 4 is 17.6 Å². The van der Waals surface area contributed by atoms with Crippen molar-refractivity contribution < 1.29 is 9.59 Å². The molecular formula is C16H21N3O2. The number of urea groups is 1. The van der Waals surface area contributed by atoms with E-state index in [2.05, 4.69) is 5.32 Å². The monoisotopic (exact) mass is 287 g/mol. The van der Waals surface area contributed by atoms with Gasteiger partial charge in [-0.05, 0) is 31.9 Å². The predicted octanol–water partition coefficient (Wildman–Crippen LogP) is 1.91. The molecule has 21 heavy (non-hydrogen) atoms. The summed E-state index contributed by atoms with van der Waals surface area (Å²) in [5, 5.41) is 2.99. The maximum Gasteiger partial charge on any atom is 0.317 e. The van der Waals surface area contributed by atoms with Gasteiger partial charge in [-0.3, -0.25) is 4.79 Å². The van der Waals surface area contributed by atoms with Crippen LogP contribution in [-0.4, -0.2) is 42.5 Å². The van der Waals surface area contributed by atoms with E-state index >= 15 is 0 Å². The lowest BCUT2D eigenvalue weighted by Gasteiger charge is -2.20. The van der Waals surface area contributed by atoms with Gasteiger partial charge < -0.3 is 15.1 Å². The molecular weight excluding hydrogens is 266 g/mol. The van der Waals surface area contributed by atoms with E-state index in [1.165, 1.54) is 5.56 Å². The summed E-state index contributed by atoms with van der Waals surface area (Å²) >= 11 is 0. The molecule has 3 amide bonds. The first kappa shape index (κ1) is 13.9. The molecule has 2 aliphatic rings. The minimum absolute atomic E-state index is 0.0314. The van der Waals surface area contributed by atoms with E-state index < -0.39 is 0 Å². The zero-order chi connectivity index (χ0) is 14.8. The minimum atomic E-state index is -0.0908. The summed E-state index contributed by atoms with van der Waals surface area (Å²) in [5.74, 6) is 0.0746. The van der Waals surface area contributed by atoms with E-state index in [1.54, 1.807) is 4.90 Å². The lowest BCUT2D eigenvalue weighted by Crippen LogP contribution is -2.44. The van der Waals surface area contributed by atoms with Crippen LogP contribution in [0.1, 0.15) is 24.8 Å². The number of likely N-dealkylation sites (tertiary alicyclic amines) is 1. The van der Waals surface area contributed by atoms with Gasteiger partial charge in [-0.25, -0.2) is 4.79 Å². The fourth-order valence-corrected chi connectivity index (χ4v) is 2.96. The van der Waals surface area contributed by atoms with Crippen molar-refractivity contribution in [1.82, 2.24) is 10.2 Å². The van der Waals surface area contributed by atoms with Crippen LogP contribution >= 0.6 is 0 Å². The molecule has 1 N–H and O–H groups in total. The van der Waals surface area contributed by atoms with Gasteiger partial charge in [0.15, 0.2) is 0 Å². The Morgan fingerprint density at radius 1 is 1.19 bits per heavy atom. The molecule has 5 heteroatoms. The van der Waals surface area contributed by atoms with Crippen LogP contribution in [0.15, 0.2) is 24.3 Å². The second-order valence-corrected chi connectivity index (χ2v) is 5.88. The van der Waals surface area contributed by atoms with Gasteiger partial charge >= 0.3 is 6.03 Å². The van der Waals surface area contributed by atoms with Crippen molar-refractivity contribution in [1.29, 1.82) is 0 Å². The van der Waals surface area contributed by atoms with Gasteiger partial charge in [-0.2, -0.15) is 0 Å². The molecule has 0 unspecified atom stereocenters. The normalized spacial score (nSPS) is 22.0. The number of carbonyl (C=O) groups is 2. The van der Waals surface area contributed by atoms with Crippen molar-refractivity contribution in [3.05, 3.63) is 29.8 Å². The molecule has 1 atom stereocenters. The molecule has 1 aromatic rings. The number of nitrogens with one attached hydrogen (secondary N) is 1. The Kier molecular flexibility index (Phi) is 3.82. The van der Waals surface area contributed by atoms with E-state index in [1.807, 2.05) is 36.1 Å². The zero-order valence-electron chi connectivity index (χ0n) is 12.3. The fraction of sp³-hybridized carbons (Fsp3) is 0.500. The van der Waals surface area contributed by atoms with Gasteiger partial charge in [-0.1, -0.05) is 17.7 Å². The van der Waals surface area contributed by atoms with Gasteiger partial charge in [0, 0.05) is 31.7 Å². The Morgan fingerprint density at radius 3 is 2.52 bits per heavy atom. The van der Waals surface area contributed by atoms with E-state index in [0.717, 1.165) is 31.6 Å². The molecule has 2 saturated heterocycles. The number of carbonyl (C=O) groups excluding carboxylic acids is 2. The summed E-state index contributed by atoms with van der Waals surface area (Å²) in [4.78, 5) is 27.8. The highest BCUT2D eigenvalue weighted by Gasteiger charge is 2.32. The third-order valence-corrected chi connectivity index (χ3v) is 4.19. The number of anilines is 1. The molecule has 0 aromatic heterocycles. The van der Waals surface area contributed by atoms with E-state index in [-0.39, 0.29) is 18.0 Å². The highest BCUT2D eigenvalue weighted by atomic mass is 16.2. The summed E-state index contributed by atoms with van der Waals surface area (Å²) < 4.78 is 0. The molecule has 2 fully saturated rings. The average Bonchev–Trinajstić information content (AvgIpc) is 3.10. The van der Waals surface area contributed by atoms with Crippen molar-refractivity contribution in [2.24, 2.45) is 0 Å². The van der Waals surface area contributed by atoms with Crippen LogP contribution in [0, 0.1) is 6.92 Å². The Bertz CT molecular complexity index is 535. The summed E-state index contributed by atoms with van der Waals surface area (Å²) in [6.45, 7) is 4.23. The van der Waals surface area contributed by atoms with Crippen LogP contribution in [0.3, 0.4) is 0 Å². The number of amides is 3. The smallest absolute Gasteiger partial charge is 0.317 e. The van der Waals surface area contributed by atoms with Crippen LogP contribution in [0.4, 0.5) is 10.5 Å². The van der Waals surface area contributed by atoms with Gasteiger partial charge in [0.25, 0.3) is 0 Å². The molecule has 2 aliphatic heterocycles. The summed E-state index contributed by atoms with van der Waals surface area (Å²) in [5.41, 5.74) is 2.08. The maximum absolute atomic E-state index is 12.1. The second kappa shape index (κ2) is 5.76. The standard InChI is InChI=1S/C16H21N3O2/c1-12-4-6-14(7-5-12)19-11-13(10-15(19)20)17-16(21)18-8-2-3-9-18/h4-7,13H,2-3,8-11H2,1H3,(H,17,21)/t13-/m0/s1. The molecule has 112 valence electrons. The van der Waals surface area contributed by atoms with E-state index in [9.17, 15) is 9.59 Å². The number of rotatable bonds is 2. The minimum Gasteiger partial charge on any atom is -0.333 e. The van der Waals surface area contributed by atoms with Gasteiger partial charge in [0.05, 0.1) is 6.04 Å². The third-order valence-electron chi connectivity index (χ3n) is 4.19. The Hall–Kier alpha value is -2.04. The number of hydrogen-bond donors (Lipinski definition) is 1. The first-order chi connectivity index (χ1) is 10.1. The van der Waals surface area contributed by atoms with Crippen LogP contribution in [0.5, 0.6) is 0 Å². The largest absolute Gasteiger partial charge is 0.333 e. The molecule has 2 heterocycles.